The van der Waals surface area contributed by atoms with Crippen LogP contribution < -0.4 is 4.90 Å². The highest BCUT2D eigenvalue weighted by atomic mass is 79.9. The van der Waals surface area contributed by atoms with Crippen LogP contribution in [-0.4, -0.2) is 30.3 Å². The van der Waals surface area contributed by atoms with Crippen LogP contribution in [0.5, 0.6) is 0 Å². The number of rotatable bonds is 4. The topological polar surface area (TPSA) is 72.9 Å². The Balaban J connectivity index is 1.81. The Bertz CT molecular complexity index is 1350. The van der Waals surface area contributed by atoms with E-state index in [-0.39, 0.29) is 17.8 Å². The summed E-state index contributed by atoms with van der Waals surface area (Å²) in [7, 11) is 1.26. The molecule has 2 heterocycles. The van der Waals surface area contributed by atoms with Gasteiger partial charge in [0.05, 0.1) is 12.7 Å². The maximum Gasteiger partial charge on any atom is 0.337 e. The first-order chi connectivity index (χ1) is 16.9. The maximum absolute atomic E-state index is 13.7. The Hall–Kier alpha value is -3.71. The van der Waals surface area contributed by atoms with Crippen molar-refractivity contribution in [3.63, 3.8) is 0 Å². The zero-order valence-corrected chi connectivity index (χ0v) is 20.7. The second-order valence-corrected chi connectivity index (χ2v) is 9.51. The van der Waals surface area contributed by atoms with E-state index in [0.29, 0.717) is 11.3 Å². The van der Waals surface area contributed by atoms with Crippen LogP contribution in [0, 0.1) is 6.92 Å². The van der Waals surface area contributed by atoms with E-state index in [2.05, 4.69) is 15.9 Å². The van der Waals surface area contributed by atoms with Crippen LogP contribution in [0.25, 0.3) is 5.76 Å². The number of anilines is 1. The number of nitrogens with zero attached hydrogens (tertiary/aromatic N) is 1. The molecule has 2 atom stereocenters. The number of hydrogen-bond acceptors (Lipinski definition) is 5. The Morgan fingerprint density at radius 1 is 1.00 bits per heavy atom. The lowest BCUT2D eigenvalue weighted by Crippen LogP contribution is -2.56. The van der Waals surface area contributed by atoms with E-state index in [9.17, 15) is 14.4 Å². The molecule has 5 rings (SSSR count). The molecular formula is C28H22BrNO5. The van der Waals surface area contributed by atoms with Gasteiger partial charge < -0.3 is 9.47 Å². The standard InChI is InChI=1S/C28H22BrNO5/c1-17-8-10-19(11-9-17)25-23-24(31)26(32)30(21-14-12-20(29)13-15-21)28(23,27(33)34-2)16-22(35-25)18-6-4-3-5-7-18/h3-15,22H,16H2,1-2H3. The van der Waals surface area contributed by atoms with E-state index in [0.717, 1.165) is 15.6 Å². The molecule has 2 unspecified atom stereocenters. The number of aryl methyl sites for hydroxylation is 1. The summed E-state index contributed by atoms with van der Waals surface area (Å²) < 4.78 is 12.5. The van der Waals surface area contributed by atoms with Crippen molar-refractivity contribution >= 4 is 45.0 Å². The van der Waals surface area contributed by atoms with Gasteiger partial charge in [-0.15, -0.1) is 0 Å². The third-order valence-electron chi connectivity index (χ3n) is 6.48. The van der Waals surface area contributed by atoms with E-state index < -0.39 is 29.3 Å². The molecule has 0 saturated carbocycles. The normalized spacial score (nSPS) is 21.6. The molecule has 6 nitrogen and oxygen atoms in total. The molecule has 3 aromatic rings. The van der Waals surface area contributed by atoms with Gasteiger partial charge in [-0.2, -0.15) is 0 Å². The molecule has 0 aliphatic carbocycles. The van der Waals surface area contributed by atoms with E-state index >= 15 is 0 Å². The number of fused-ring (bicyclic) bond motifs is 1. The van der Waals surface area contributed by atoms with Gasteiger partial charge in [-0.05, 0) is 36.8 Å². The van der Waals surface area contributed by atoms with Gasteiger partial charge in [0, 0.05) is 22.1 Å². The molecule has 1 fully saturated rings. The van der Waals surface area contributed by atoms with Crippen molar-refractivity contribution < 1.29 is 23.9 Å². The lowest BCUT2D eigenvalue weighted by Gasteiger charge is -2.42. The second-order valence-electron chi connectivity index (χ2n) is 8.59. The van der Waals surface area contributed by atoms with Gasteiger partial charge in [-0.1, -0.05) is 76.1 Å². The van der Waals surface area contributed by atoms with Crippen LogP contribution >= 0.6 is 15.9 Å². The summed E-state index contributed by atoms with van der Waals surface area (Å²) in [5.41, 5.74) is 1.20. The number of ether oxygens (including phenoxy) is 2. The van der Waals surface area contributed by atoms with Crippen LogP contribution in [0.15, 0.2) is 88.9 Å². The fraction of sp³-hybridized carbons (Fsp3) is 0.179. The summed E-state index contributed by atoms with van der Waals surface area (Å²) >= 11 is 3.40. The molecule has 0 radical (unpaired) electrons. The third kappa shape index (κ3) is 3.67. The van der Waals surface area contributed by atoms with Crippen molar-refractivity contribution in [3.8, 4) is 0 Å². The van der Waals surface area contributed by atoms with E-state index in [1.54, 1.807) is 24.3 Å². The summed E-state index contributed by atoms with van der Waals surface area (Å²) in [6.07, 6.45) is -0.575. The summed E-state index contributed by atoms with van der Waals surface area (Å²) in [5.74, 6) is -2.05. The van der Waals surface area contributed by atoms with Gasteiger partial charge in [-0.3, -0.25) is 14.5 Å². The van der Waals surface area contributed by atoms with Gasteiger partial charge in [-0.25, -0.2) is 4.79 Å². The fourth-order valence-corrected chi connectivity index (χ4v) is 5.09. The predicted octanol–water partition coefficient (Wildman–Crippen LogP) is 5.16. The van der Waals surface area contributed by atoms with Crippen LogP contribution in [0.4, 0.5) is 5.69 Å². The zero-order chi connectivity index (χ0) is 24.7. The highest BCUT2D eigenvalue weighted by Crippen LogP contribution is 2.52. The molecule has 176 valence electrons. The molecular weight excluding hydrogens is 510 g/mol. The van der Waals surface area contributed by atoms with Crippen LogP contribution in [-0.2, 0) is 23.9 Å². The number of carbonyl (C=O) groups excluding carboxylic acids is 3. The number of benzene rings is 3. The smallest absolute Gasteiger partial charge is 0.337 e. The average molecular weight is 532 g/mol. The molecule has 0 aromatic heterocycles. The number of methoxy groups -OCH3 is 1. The summed E-state index contributed by atoms with van der Waals surface area (Å²) in [6.45, 7) is 1.95. The number of esters is 1. The van der Waals surface area contributed by atoms with Gasteiger partial charge in [0.2, 0.25) is 0 Å². The fourth-order valence-electron chi connectivity index (χ4n) is 4.82. The molecule has 35 heavy (non-hydrogen) atoms. The van der Waals surface area contributed by atoms with Gasteiger partial charge in [0.1, 0.15) is 11.9 Å². The quantitative estimate of drug-likeness (QED) is 0.343. The lowest BCUT2D eigenvalue weighted by atomic mass is 9.78. The number of Topliss-reactive ketones (excluding diaryl/α,β-unsaturated/α-hetero) is 1. The minimum absolute atomic E-state index is 0.00769. The van der Waals surface area contributed by atoms with E-state index in [1.165, 1.54) is 12.0 Å². The molecule has 1 saturated heterocycles. The highest BCUT2D eigenvalue weighted by molar-refractivity contribution is 9.10. The highest BCUT2D eigenvalue weighted by Gasteiger charge is 2.65. The number of ketones is 1. The van der Waals surface area contributed by atoms with Gasteiger partial charge in [0.25, 0.3) is 5.78 Å². The van der Waals surface area contributed by atoms with Crippen molar-refractivity contribution in [1.29, 1.82) is 0 Å². The first kappa shape index (κ1) is 23.1. The van der Waals surface area contributed by atoms with Gasteiger partial charge in [0.15, 0.2) is 5.54 Å². The minimum atomic E-state index is -1.68. The van der Waals surface area contributed by atoms with Crippen molar-refractivity contribution in [3.05, 3.63) is 106 Å². The van der Waals surface area contributed by atoms with Crippen molar-refractivity contribution in [2.75, 3.05) is 12.0 Å². The first-order valence-electron chi connectivity index (χ1n) is 11.1. The molecule has 2 aliphatic heterocycles. The maximum atomic E-state index is 13.7. The average Bonchev–Trinajstić information content (AvgIpc) is 3.12. The summed E-state index contributed by atoms with van der Waals surface area (Å²) in [5, 5.41) is 0. The molecule has 2 aliphatic rings. The molecule has 0 spiro atoms. The largest absolute Gasteiger partial charge is 0.484 e. The molecule has 0 bridgehead atoms. The first-order valence-corrected chi connectivity index (χ1v) is 11.9. The predicted molar refractivity (Wildman–Crippen MR) is 134 cm³/mol. The molecule has 7 heteroatoms. The molecule has 1 amide bonds. The summed E-state index contributed by atoms with van der Waals surface area (Å²) in [4.78, 5) is 42.0. The Labute approximate surface area is 211 Å². The van der Waals surface area contributed by atoms with Crippen molar-refractivity contribution in [1.82, 2.24) is 0 Å². The molecule has 3 aromatic carbocycles. The van der Waals surface area contributed by atoms with Crippen molar-refractivity contribution in [2.24, 2.45) is 0 Å². The van der Waals surface area contributed by atoms with Crippen molar-refractivity contribution in [2.45, 2.75) is 25.0 Å². The number of hydrogen-bond donors (Lipinski definition) is 0. The summed E-state index contributed by atoms with van der Waals surface area (Å²) in [6, 6.07) is 23.8. The monoisotopic (exact) mass is 531 g/mol. The van der Waals surface area contributed by atoms with Crippen LogP contribution in [0.1, 0.15) is 29.2 Å². The van der Waals surface area contributed by atoms with Crippen LogP contribution in [0.3, 0.4) is 0 Å². The number of halogens is 1. The second kappa shape index (κ2) is 8.82. The minimum Gasteiger partial charge on any atom is -0.484 e. The van der Waals surface area contributed by atoms with Crippen LogP contribution in [0.2, 0.25) is 0 Å². The Morgan fingerprint density at radius 2 is 1.66 bits per heavy atom. The lowest BCUT2D eigenvalue weighted by molar-refractivity contribution is -0.147. The molecule has 0 N–H and O–H groups in total. The SMILES string of the molecule is COC(=O)C12CC(c3ccccc3)OC(c3ccc(C)cc3)=C1C(=O)C(=O)N2c1ccc(Br)cc1. The Kier molecular flexibility index (Phi) is 5.81. The number of carbonyl (C=O) groups is 3. The van der Waals surface area contributed by atoms with Gasteiger partial charge >= 0.3 is 11.9 Å². The van der Waals surface area contributed by atoms with E-state index in [1.807, 2.05) is 61.5 Å². The third-order valence-corrected chi connectivity index (χ3v) is 7.01. The van der Waals surface area contributed by atoms with E-state index in [4.69, 9.17) is 9.47 Å². The number of amides is 1. The Morgan fingerprint density at radius 3 is 2.29 bits per heavy atom. The zero-order valence-electron chi connectivity index (χ0n) is 19.2.